The van der Waals surface area contributed by atoms with Gasteiger partial charge in [0.05, 0.1) is 41.0 Å². The third kappa shape index (κ3) is 4.22. The Kier molecular flexibility index (Phi) is 4.84. The predicted molar refractivity (Wildman–Crippen MR) is 116 cm³/mol. The molecule has 1 N–H and O–H groups in total. The lowest BCUT2D eigenvalue weighted by Crippen LogP contribution is -2.53. The highest BCUT2D eigenvalue weighted by molar-refractivity contribution is 5.89. The second-order valence-electron chi connectivity index (χ2n) is 8.34. The summed E-state index contributed by atoms with van der Waals surface area (Å²) in [7, 11) is -1.46. The van der Waals surface area contributed by atoms with Crippen LogP contribution in [-0.2, 0) is 6.54 Å². The van der Waals surface area contributed by atoms with Crippen LogP contribution in [0.5, 0.6) is 5.88 Å². The normalized spacial score (nSPS) is 20.2. The van der Waals surface area contributed by atoms with E-state index < -0.39 is 50.2 Å². The van der Waals surface area contributed by atoms with Gasteiger partial charge < -0.3 is 15.0 Å². The number of nitrogens with one attached hydrogen (secondary N) is 1. The molecule has 5 rings (SSSR count). The van der Waals surface area contributed by atoms with E-state index in [9.17, 15) is 17.6 Å². The molecule has 1 aromatic carbocycles. The molecule has 0 amide bonds. The molecule has 1 aliphatic heterocycles. The lowest BCUT2D eigenvalue weighted by molar-refractivity contribution is -0.0675. The van der Waals surface area contributed by atoms with E-state index in [1.165, 1.54) is 23.1 Å². The SMILES string of the molecule is [2H]C([2H])([2H])Oc1nc(NC2CCN(C)CC2(F)F)nn2cc(F)c(-c3ccc4nnn(CC(F)F)c4c3)c12. The van der Waals surface area contributed by atoms with Gasteiger partial charge in [0.1, 0.15) is 17.6 Å². The number of fused-ring (bicyclic) bond motifs is 2. The number of anilines is 1. The number of aromatic nitrogens is 6. The first-order valence-electron chi connectivity index (χ1n) is 12.0. The number of likely N-dealkylation sites (tertiary alicyclic amines) is 1. The Hall–Kier alpha value is -3.55. The molecule has 14 heteroatoms. The van der Waals surface area contributed by atoms with Crippen molar-refractivity contribution in [2.75, 3.05) is 32.5 Å². The Bertz CT molecular complexity index is 1490. The lowest BCUT2D eigenvalue weighted by atomic mass is 10.0. The Labute approximate surface area is 199 Å². The zero-order valence-electron chi connectivity index (χ0n) is 21.2. The van der Waals surface area contributed by atoms with Crippen LogP contribution in [0.1, 0.15) is 10.5 Å². The average molecular weight is 499 g/mol. The second-order valence-corrected chi connectivity index (χ2v) is 8.34. The average Bonchev–Trinajstić information content (AvgIpc) is 3.33. The Morgan fingerprint density at radius 3 is 2.91 bits per heavy atom. The van der Waals surface area contributed by atoms with Gasteiger partial charge in [0.25, 0.3) is 12.3 Å². The standard InChI is InChI=1S/C21H21F5N8O/c1-32-6-5-15(21(25,26)10-32)27-20-28-19(35-2)18-17(12(22)8-34(18)30-20)11-3-4-13-14(7-11)33(31-29-13)9-16(23)24/h3-4,7-8,15-16H,5-6,9-10H2,1-2H3,(H,27,30)/i2D3. The number of hydrogen-bond donors (Lipinski definition) is 1. The maximum Gasteiger partial charge on any atom is 0.280 e. The third-order valence-corrected chi connectivity index (χ3v) is 5.86. The molecule has 4 aromatic rings. The van der Waals surface area contributed by atoms with Gasteiger partial charge in [-0.2, -0.15) is 4.98 Å². The fourth-order valence-corrected chi connectivity index (χ4v) is 4.26. The highest BCUT2D eigenvalue weighted by Gasteiger charge is 2.44. The maximum atomic E-state index is 15.3. The first-order chi connectivity index (χ1) is 17.8. The van der Waals surface area contributed by atoms with E-state index in [1.54, 1.807) is 7.05 Å². The Morgan fingerprint density at radius 1 is 1.34 bits per heavy atom. The summed E-state index contributed by atoms with van der Waals surface area (Å²) in [4.78, 5) is 5.48. The summed E-state index contributed by atoms with van der Waals surface area (Å²) in [5, 5.41) is 14.1. The molecule has 4 heterocycles. The number of benzene rings is 1. The molecule has 9 nitrogen and oxygen atoms in total. The molecule has 1 aliphatic rings. The maximum absolute atomic E-state index is 15.3. The lowest BCUT2D eigenvalue weighted by Gasteiger charge is -2.36. The van der Waals surface area contributed by atoms with Gasteiger partial charge in [-0.05, 0) is 31.2 Å². The second kappa shape index (κ2) is 8.59. The number of methoxy groups -OCH3 is 1. The van der Waals surface area contributed by atoms with Gasteiger partial charge in [0, 0.05) is 6.54 Å². The molecule has 3 aromatic heterocycles. The summed E-state index contributed by atoms with van der Waals surface area (Å²) in [5.74, 6) is -4.99. The molecule has 186 valence electrons. The number of hydrogen-bond acceptors (Lipinski definition) is 7. The van der Waals surface area contributed by atoms with Gasteiger partial charge in [-0.3, -0.25) is 0 Å². The zero-order valence-corrected chi connectivity index (χ0v) is 18.2. The first-order valence-corrected chi connectivity index (χ1v) is 10.5. The van der Waals surface area contributed by atoms with Crippen LogP contribution in [0.25, 0.3) is 27.7 Å². The molecule has 1 unspecified atom stereocenters. The highest BCUT2D eigenvalue weighted by atomic mass is 19.3. The predicted octanol–water partition coefficient (Wildman–Crippen LogP) is 3.31. The van der Waals surface area contributed by atoms with Crippen molar-refractivity contribution in [3.8, 4) is 17.0 Å². The largest absolute Gasteiger partial charge is 0.479 e. The van der Waals surface area contributed by atoms with Crippen LogP contribution in [0.4, 0.5) is 27.9 Å². The molecular weight excluding hydrogens is 475 g/mol. The number of halogens is 5. The summed E-state index contributed by atoms with van der Waals surface area (Å²) < 4.78 is 99.9. The zero-order chi connectivity index (χ0) is 27.4. The smallest absolute Gasteiger partial charge is 0.280 e. The van der Waals surface area contributed by atoms with Crippen molar-refractivity contribution < 1.29 is 30.8 Å². The van der Waals surface area contributed by atoms with Crippen molar-refractivity contribution in [3.63, 3.8) is 0 Å². The first kappa shape index (κ1) is 19.7. The summed E-state index contributed by atoms with van der Waals surface area (Å²) in [6, 6.07) is 2.88. The molecule has 0 spiro atoms. The number of ether oxygens (including phenoxy) is 1. The van der Waals surface area contributed by atoms with E-state index in [0.29, 0.717) is 6.54 Å². The molecule has 0 saturated carbocycles. The van der Waals surface area contributed by atoms with Crippen molar-refractivity contribution in [2.45, 2.75) is 31.4 Å². The van der Waals surface area contributed by atoms with Crippen LogP contribution < -0.4 is 10.1 Å². The van der Waals surface area contributed by atoms with E-state index in [2.05, 4.69) is 25.7 Å². The topological polar surface area (TPSA) is 85.4 Å². The van der Waals surface area contributed by atoms with Crippen molar-refractivity contribution in [2.24, 2.45) is 0 Å². The fraction of sp³-hybridized carbons (Fsp3) is 0.429. The molecule has 1 fully saturated rings. The highest BCUT2D eigenvalue weighted by Crippen LogP contribution is 2.36. The molecule has 1 saturated heterocycles. The summed E-state index contributed by atoms with van der Waals surface area (Å²) >= 11 is 0. The van der Waals surface area contributed by atoms with Gasteiger partial charge in [-0.25, -0.2) is 31.1 Å². The van der Waals surface area contributed by atoms with E-state index in [4.69, 9.17) is 8.85 Å². The molecule has 35 heavy (non-hydrogen) atoms. The summed E-state index contributed by atoms with van der Waals surface area (Å²) in [5.41, 5.74) is 0.221. The van der Waals surface area contributed by atoms with Crippen molar-refractivity contribution in [3.05, 3.63) is 30.2 Å². The molecular formula is C21H21F5N8O. The fourth-order valence-electron chi connectivity index (χ4n) is 4.26. The third-order valence-electron chi connectivity index (χ3n) is 5.86. The number of nitrogens with zero attached hydrogens (tertiary/aromatic N) is 7. The minimum absolute atomic E-state index is 0.0476. The van der Waals surface area contributed by atoms with Gasteiger partial charge in [-0.1, -0.05) is 11.3 Å². The van der Waals surface area contributed by atoms with Gasteiger partial charge in [0.15, 0.2) is 5.82 Å². The van der Waals surface area contributed by atoms with Gasteiger partial charge in [0.2, 0.25) is 11.8 Å². The van der Waals surface area contributed by atoms with Crippen molar-refractivity contribution >= 4 is 22.5 Å². The van der Waals surface area contributed by atoms with Gasteiger partial charge in [-0.15, -0.1) is 10.2 Å². The van der Waals surface area contributed by atoms with Crippen LogP contribution in [0.15, 0.2) is 24.4 Å². The van der Waals surface area contributed by atoms with Crippen molar-refractivity contribution in [1.29, 1.82) is 0 Å². The van der Waals surface area contributed by atoms with E-state index in [0.717, 1.165) is 15.4 Å². The van der Waals surface area contributed by atoms with Crippen LogP contribution >= 0.6 is 0 Å². The van der Waals surface area contributed by atoms with E-state index in [1.807, 2.05) is 0 Å². The Balaban J connectivity index is 1.62. The van der Waals surface area contributed by atoms with E-state index in [-0.39, 0.29) is 40.0 Å². The van der Waals surface area contributed by atoms with Crippen LogP contribution in [0, 0.1) is 5.82 Å². The van der Waals surface area contributed by atoms with Crippen LogP contribution in [0.3, 0.4) is 0 Å². The molecule has 0 radical (unpaired) electrons. The molecule has 1 atom stereocenters. The van der Waals surface area contributed by atoms with E-state index >= 15 is 4.39 Å². The summed E-state index contributed by atoms with van der Waals surface area (Å²) in [6.45, 7) is -0.880. The van der Waals surface area contributed by atoms with Crippen molar-refractivity contribution in [1.82, 2.24) is 34.5 Å². The minimum atomic E-state index is -3.14. The summed E-state index contributed by atoms with van der Waals surface area (Å²) in [6.07, 6.45) is -1.76. The number of rotatable bonds is 6. The van der Waals surface area contributed by atoms with Crippen LogP contribution in [-0.4, -0.2) is 80.1 Å². The monoisotopic (exact) mass is 499 g/mol. The number of alkyl halides is 4. The molecule has 0 aliphatic carbocycles. The Morgan fingerprint density at radius 2 is 2.17 bits per heavy atom. The van der Waals surface area contributed by atoms with Gasteiger partial charge >= 0.3 is 0 Å². The molecule has 0 bridgehead atoms. The number of piperidine rings is 1. The minimum Gasteiger partial charge on any atom is -0.479 e. The quantitative estimate of drug-likeness (QED) is 0.408. The van der Waals surface area contributed by atoms with Crippen LogP contribution in [0.2, 0.25) is 0 Å².